The Balaban J connectivity index is 1.65. The van der Waals surface area contributed by atoms with Crippen molar-refractivity contribution in [1.29, 1.82) is 0 Å². The average Bonchev–Trinajstić information content (AvgIpc) is 2.82. The zero-order valence-corrected chi connectivity index (χ0v) is 19.8. The molecule has 0 heterocycles. The maximum atomic E-state index is 12.5. The van der Waals surface area contributed by atoms with Crippen LogP contribution in [-0.4, -0.2) is 25.8 Å². The Morgan fingerprint density at radius 3 is 2.58 bits per heavy atom. The van der Waals surface area contributed by atoms with Gasteiger partial charge in [0.1, 0.15) is 12.4 Å². The molecule has 0 saturated heterocycles. The van der Waals surface area contributed by atoms with Crippen molar-refractivity contribution in [1.82, 2.24) is 5.43 Å². The number of nitrogens with zero attached hydrogens (tertiary/aromatic N) is 1. The summed E-state index contributed by atoms with van der Waals surface area (Å²) in [6, 6.07) is 17.6. The van der Waals surface area contributed by atoms with Crippen LogP contribution in [0.5, 0.6) is 17.2 Å². The molecular weight excluding hydrogens is 463 g/mol. The number of hydrogen-bond donors (Lipinski definition) is 1. The number of nitrogens with one attached hydrogen (secondary N) is 1. The molecular formula is C25H24Cl2N2O4. The smallest absolute Gasteiger partial charge is 0.271 e. The van der Waals surface area contributed by atoms with E-state index in [0.29, 0.717) is 45.0 Å². The van der Waals surface area contributed by atoms with E-state index in [4.69, 9.17) is 37.4 Å². The summed E-state index contributed by atoms with van der Waals surface area (Å²) in [5, 5.41) is 5.16. The van der Waals surface area contributed by atoms with Crippen molar-refractivity contribution in [3.05, 3.63) is 87.4 Å². The van der Waals surface area contributed by atoms with E-state index in [1.165, 1.54) is 13.3 Å². The number of ether oxygens (including phenoxy) is 3. The van der Waals surface area contributed by atoms with Gasteiger partial charge in [0.25, 0.3) is 5.91 Å². The number of halogens is 2. The zero-order valence-electron chi connectivity index (χ0n) is 18.3. The monoisotopic (exact) mass is 486 g/mol. The number of carbonyl (C=O) groups is 1. The van der Waals surface area contributed by atoms with E-state index in [9.17, 15) is 4.79 Å². The molecule has 1 N–H and O–H groups in total. The van der Waals surface area contributed by atoms with Crippen molar-refractivity contribution >= 4 is 35.3 Å². The molecule has 0 aromatic heterocycles. The highest BCUT2D eigenvalue weighted by atomic mass is 35.5. The van der Waals surface area contributed by atoms with E-state index in [1.807, 2.05) is 37.3 Å². The topological polar surface area (TPSA) is 69.2 Å². The van der Waals surface area contributed by atoms with Gasteiger partial charge in [0.15, 0.2) is 11.5 Å². The minimum Gasteiger partial charge on any atom is -0.493 e. The molecule has 0 aliphatic rings. The van der Waals surface area contributed by atoms with Crippen LogP contribution in [-0.2, 0) is 6.61 Å². The van der Waals surface area contributed by atoms with Crippen molar-refractivity contribution in [2.24, 2.45) is 5.10 Å². The van der Waals surface area contributed by atoms with Crippen LogP contribution in [0.3, 0.4) is 0 Å². The second-order valence-electron chi connectivity index (χ2n) is 6.98. The Labute approximate surface area is 203 Å². The Morgan fingerprint density at radius 2 is 1.82 bits per heavy atom. The first-order chi connectivity index (χ1) is 16.0. The maximum absolute atomic E-state index is 12.5. The molecule has 3 aromatic rings. The summed E-state index contributed by atoms with van der Waals surface area (Å²) >= 11 is 12.2. The number of hydrazone groups is 1. The lowest BCUT2D eigenvalue weighted by Crippen LogP contribution is -2.17. The molecule has 3 aromatic carbocycles. The van der Waals surface area contributed by atoms with E-state index in [2.05, 4.69) is 10.5 Å². The summed E-state index contributed by atoms with van der Waals surface area (Å²) in [5.74, 6) is 1.30. The first-order valence-corrected chi connectivity index (χ1v) is 11.1. The molecule has 1 amide bonds. The van der Waals surface area contributed by atoms with Crippen molar-refractivity contribution in [3.8, 4) is 17.2 Å². The third-order valence-corrected chi connectivity index (χ3v) is 5.16. The average molecular weight is 487 g/mol. The van der Waals surface area contributed by atoms with Gasteiger partial charge in [-0.2, -0.15) is 5.10 Å². The van der Waals surface area contributed by atoms with Gasteiger partial charge in [-0.3, -0.25) is 4.79 Å². The lowest BCUT2D eigenvalue weighted by molar-refractivity contribution is 0.0954. The molecule has 0 unspecified atom stereocenters. The number of hydrogen-bond acceptors (Lipinski definition) is 5. The van der Waals surface area contributed by atoms with Gasteiger partial charge in [-0.15, -0.1) is 0 Å². The van der Waals surface area contributed by atoms with Crippen LogP contribution in [0.2, 0.25) is 10.0 Å². The molecule has 0 saturated carbocycles. The minimum absolute atomic E-state index is 0.263. The minimum atomic E-state index is -0.377. The largest absolute Gasteiger partial charge is 0.493 e. The molecule has 0 spiro atoms. The highest BCUT2D eigenvalue weighted by molar-refractivity contribution is 6.35. The molecule has 0 bridgehead atoms. The van der Waals surface area contributed by atoms with Crippen LogP contribution in [0.1, 0.15) is 34.8 Å². The van der Waals surface area contributed by atoms with Crippen molar-refractivity contribution in [2.45, 2.75) is 20.0 Å². The summed E-state index contributed by atoms with van der Waals surface area (Å²) in [6.45, 7) is 2.85. The van der Waals surface area contributed by atoms with Crippen LogP contribution < -0.4 is 19.6 Å². The molecule has 0 aliphatic heterocycles. The molecule has 0 fully saturated rings. The predicted molar refractivity (Wildman–Crippen MR) is 131 cm³/mol. The Bertz CT molecular complexity index is 1140. The Kier molecular flexibility index (Phi) is 8.98. The lowest BCUT2D eigenvalue weighted by atomic mass is 10.2. The van der Waals surface area contributed by atoms with Crippen LogP contribution in [0.4, 0.5) is 0 Å². The van der Waals surface area contributed by atoms with Gasteiger partial charge in [-0.1, -0.05) is 48.3 Å². The number of benzene rings is 3. The summed E-state index contributed by atoms with van der Waals surface area (Å²) < 4.78 is 16.8. The van der Waals surface area contributed by atoms with Crippen molar-refractivity contribution in [2.75, 3.05) is 13.7 Å². The highest BCUT2D eigenvalue weighted by Crippen LogP contribution is 2.28. The van der Waals surface area contributed by atoms with Gasteiger partial charge in [0.2, 0.25) is 0 Å². The quantitative estimate of drug-likeness (QED) is 0.276. The first kappa shape index (κ1) is 24.4. The van der Waals surface area contributed by atoms with E-state index in [1.54, 1.807) is 30.3 Å². The molecule has 0 radical (unpaired) electrons. The van der Waals surface area contributed by atoms with Gasteiger partial charge >= 0.3 is 0 Å². The molecule has 3 rings (SSSR count). The normalized spacial score (nSPS) is 10.8. The van der Waals surface area contributed by atoms with E-state index < -0.39 is 0 Å². The molecule has 172 valence electrons. The molecule has 8 heteroatoms. The van der Waals surface area contributed by atoms with Crippen LogP contribution >= 0.6 is 23.2 Å². The van der Waals surface area contributed by atoms with Crippen molar-refractivity contribution in [3.63, 3.8) is 0 Å². The summed E-state index contributed by atoms with van der Waals surface area (Å²) in [5.41, 5.74) is 4.42. The maximum Gasteiger partial charge on any atom is 0.271 e. The van der Waals surface area contributed by atoms with Gasteiger partial charge in [0.05, 0.1) is 19.9 Å². The third-order valence-electron chi connectivity index (χ3n) is 4.57. The fourth-order valence-corrected chi connectivity index (χ4v) is 3.34. The molecule has 0 aliphatic carbocycles. The number of amides is 1. The van der Waals surface area contributed by atoms with Gasteiger partial charge in [-0.25, -0.2) is 5.43 Å². The lowest BCUT2D eigenvalue weighted by Gasteiger charge is -2.11. The number of methoxy groups -OCH3 is 1. The summed E-state index contributed by atoms with van der Waals surface area (Å²) in [4.78, 5) is 12.5. The van der Waals surface area contributed by atoms with Gasteiger partial charge in [0, 0.05) is 26.7 Å². The fourth-order valence-electron chi connectivity index (χ4n) is 2.88. The number of para-hydroxylation sites is 1. The molecule has 0 atom stereocenters. The Hall–Kier alpha value is -3.22. The predicted octanol–water partition coefficient (Wildman–Crippen LogP) is 6.13. The van der Waals surface area contributed by atoms with Crippen LogP contribution in [0, 0.1) is 0 Å². The Morgan fingerprint density at radius 1 is 1.00 bits per heavy atom. The summed E-state index contributed by atoms with van der Waals surface area (Å²) in [6.07, 6.45) is 2.39. The van der Waals surface area contributed by atoms with E-state index in [0.717, 1.165) is 12.0 Å². The molecule has 33 heavy (non-hydrogen) atoms. The van der Waals surface area contributed by atoms with Gasteiger partial charge in [-0.05, 0) is 48.9 Å². The van der Waals surface area contributed by atoms with Gasteiger partial charge < -0.3 is 14.2 Å². The number of rotatable bonds is 10. The second kappa shape index (κ2) is 12.1. The van der Waals surface area contributed by atoms with Crippen LogP contribution in [0.15, 0.2) is 65.8 Å². The SMILES string of the molecule is CCCOc1ccc(C(=O)N/N=C/c2ccccc2OCc2ccc(Cl)cc2Cl)cc1OC. The standard InChI is InChI=1S/C25H24Cl2N2O4/c1-3-12-32-23-11-9-17(13-24(23)31-2)25(30)29-28-15-18-6-4-5-7-22(18)33-16-19-8-10-20(26)14-21(19)27/h4-11,13-15H,3,12,16H2,1-2H3,(H,29,30)/b28-15+. The van der Waals surface area contributed by atoms with E-state index in [-0.39, 0.29) is 12.5 Å². The third kappa shape index (κ3) is 6.88. The van der Waals surface area contributed by atoms with Crippen molar-refractivity contribution < 1.29 is 19.0 Å². The first-order valence-electron chi connectivity index (χ1n) is 10.3. The van der Waals surface area contributed by atoms with E-state index >= 15 is 0 Å². The number of carbonyl (C=O) groups excluding carboxylic acids is 1. The fraction of sp³-hybridized carbons (Fsp3) is 0.200. The van der Waals surface area contributed by atoms with Crippen LogP contribution in [0.25, 0.3) is 0 Å². The highest BCUT2D eigenvalue weighted by Gasteiger charge is 2.11. The zero-order chi connectivity index (χ0) is 23.6. The molecule has 6 nitrogen and oxygen atoms in total. The summed E-state index contributed by atoms with van der Waals surface area (Å²) in [7, 11) is 1.53. The second-order valence-corrected chi connectivity index (χ2v) is 7.82.